The Bertz CT molecular complexity index is 594. The zero-order chi connectivity index (χ0) is 16.1. The predicted octanol–water partition coefficient (Wildman–Crippen LogP) is 3.22. The van der Waals surface area contributed by atoms with Crippen LogP contribution in [0.1, 0.15) is 20.3 Å². The SMILES string of the molecule is CC(C)C(N)CCN(C)C(=O)CSc1nc2ccccc2s1. The Labute approximate surface area is 140 Å². The predicted molar refractivity (Wildman–Crippen MR) is 95.4 cm³/mol. The molecule has 2 N–H and O–H groups in total. The molecular weight excluding hydrogens is 314 g/mol. The van der Waals surface area contributed by atoms with Crippen molar-refractivity contribution in [2.24, 2.45) is 11.7 Å². The summed E-state index contributed by atoms with van der Waals surface area (Å²) >= 11 is 3.14. The van der Waals surface area contributed by atoms with E-state index in [4.69, 9.17) is 5.73 Å². The number of nitrogens with zero attached hydrogens (tertiary/aromatic N) is 2. The first-order valence-corrected chi connectivity index (χ1v) is 9.25. The van der Waals surface area contributed by atoms with Gasteiger partial charge in [0.2, 0.25) is 5.91 Å². The van der Waals surface area contributed by atoms with E-state index in [0.29, 0.717) is 18.2 Å². The Balaban J connectivity index is 1.81. The largest absolute Gasteiger partial charge is 0.345 e. The molecule has 0 aliphatic carbocycles. The third-order valence-electron chi connectivity index (χ3n) is 3.67. The van der Waals surface area contributed by atoms with Crippen molar-refractivity contribution in [1.29, 1.82) is 0 Å². The summed E-state index contributed by atoms with van der Waals surface area (Å²) in [5, 5.41) is 0. The maximum absolute atomic E-state index is 12.2. The number of hydrogen-bond acceptors (Lipinski definition) is 5. The highest BCUT2D eigenvalue weighted by Crippen LogP contribution is 2.29. The van der Waals surface area contributed by atoms with Gasteiger partial charge in [-0.25, -0.2) is 4.98 Å². The van der Waals surface area contributed by atoms with Crippen LogP contribution in [0.25, 0.3) is 10.2 Å². The lowest BCUT2D eigenvalue weighted by Crippen LogP contribution is -2.35. The molecule has 1 heterocycles. The molecule has 0 fully saturated rings. The van der Waals surface area contributed by atoms with Crippen LogP contribution in [0.5, 0.6) is 0 Å². The fraction of sp³-hybridized carbons (Fsp3) is 0.500. The summed E-state index contributed by atoms with van der Waals surface area (Å²) < 4.78 is 2.11. The fourth-order valence-corrected chi connectivity index (χ4v) is 3.96. The van der Waals surface area contributed by atoms with Crippen LogP contribution in [0.3, 0.4) is 0 Å². The van der Waals surface area contributed by atoms with E-state index >= 15 is 0 Å². The molecule has 1 unspecified atom stereocenters. The minimum Gasteiger partial charge on any atom is -0.345 e. The van der Waals surface area contributed by atoms with E-state index in [1.165, 1.54) is 11.8 Å². The van der Waals surface area contributed by atoms with Gasteiger partial charge in [-0.1, -0.05) is 37.7 Å². The van der Waals surface area contributed by atoms with Crippen LogP contribution in [0.4, 0.5) is 0 Å². The maximum Gasteiger partial charge on any atom is 0.232 e. The highest BCUT2D eigenvalue weighted by Gasteiger charge is 2.14. The van der Waals surface area contributed by atoms with E-state index in [1.807, 2.05) is 25.2 Å². The number of fused-ring (bicyclic) bond motifs is 1. The second-order valence-corrected chi connectivity index (χ2v) is 8.00. The average molecular weight is 338 g/mol. The Hall–Kier alpha value is -1.11. The number of rotatable bonds is 7. The van der Waals surface area contributed by atoms with Gasteiger partial charge in [0.1, 0.15) is 0 Å². The van der Waals surface area contributed by atoms with Crippen molar-refractivity contribution in [2.45, 2.75) is 30.6 Å². The Morgan fingerprint density at radius 2 is 2.14 bits per heavy atom. The molecule has 0 spiro atoms. The first-order valence-electron chi connectivity index (χ1n) is 7.45. The molecule has 0 saturated carbocycles. The van der Waals surface area contributed by atoms with Crippen molar-refractivity contribution in [3.8, 4) is 0 Å². The lowest BCUT2D eigenvalue weighted by molar-refractivity contribution is -0.127. The van der Waals surface area contributed by atoms with Crippen molar-refractivity contribution < 1.29 is 4.79 Å². The summed E-state index contributed by atoms with van der Waals surface area (Å²) in [4.78, 5) is 18.5. The fourth-order valence-electron chi connectivity index (χ4n) is 1.95. The molecule has 0 aliphatic rings. The summed E-state index contributed by atoms with van der Waals surface area (Å²) in [6.45, 7) is 4.92. The standard InChI is InChI=1S/C16H23N3OS2/c1-11(2)12(17)8-9-19(3)15(20)10-21-16-18-13-6-4-5-7-14(13)22-16/h4-7,11-12H,8-10,17H2,1-3H3. The van der Waals surface area contributed by atoms with E-state index in [0.717, 1.165) is 21.0 Å². The van der Waals surface area contributed by atoms with E-state index in [-0.39, 0.29) is 11.9 Å². The lowest BCUT2D eigenvalue weighted by Gasteiger charge is -2.21. The van der Waals surface area contributed by atoms with Crippen LogP contribution in [0.15, 0.2) is 28.6 Å². The van der Waals surface area contributed by atoms with Gasteiger partial charge in [-0.05, 0) is 24.5 Å². The van der Waals surface area contributed by atoms with Crippen LogP contribution in [-0.4, -0.2) is 41.2 Å². The second-order valence-electron chi connectivity index (χ2n) is 5.75. The van der Waals surface area contributed by atoms with Gasteiger partial charge < -0.3 is 10.6 Å². The van der Waals surface area contributed by atoms with E-state index in [2.05, 4.69) is 24.9 Å². The van der Waals surface area contributed by atoms with Gasteiger partial charge in [0.05, 0.1) is 16.0 Å². The topological polar surface area (TPSA) is 59.2 Å². The van der Waals surface area contributed by atoms with Crippen LogP contribution < -0.4 is 5.73 Å². The van der Waals surface area contributed by atoms with E-state index in [1.54, 1.807) is 16.2 Å². The molecule has 2 aromatic rings. The maximum atomic E-state index is 12.2. The van der Waals surface area contributed by atoms with Crippen LogP contribution >= 0.6 is 23.1 Å². The van der Waals surface area contributed by atoms with Crippen LogP contribution in [-0.2, 0) is 4.79 Å². The summed E-state index contributed by atoms with van der Waals surface area (Å²) in [6.07, 6.45) is 0.839. The third-order valence-corrected chi connectivity index (χ3v) is 5.84. The molecule has 0 radical (unpaired) electrons. The Kier molecular flexibility index (Phi) is 6.23. The summed E-state index contributed by atoms with van der Waals surface area (Å²) in [5.74, 6) is 0.994. The number of carbonyl (C=O) groups excluding carboxylic acids is 1. The van der Waals surface area contributed by atoms with Crippen molar-refractivity contribution in [3.05, 3.63) is 24.3 Å². The summed E-state index contributed by atoms with van der Waals surface area (Å²) in [7, 11) is 1.84. The minimum atomic E-state index is 0.125. The highest BCUT2D eigenvalue weighted by molar-refractivity contribution is 8.01. The number of para-hydroxylation sites is 1. The van der Waals surface area contributed by atoms with Crippen LogP contribution in [0, 0.1) is 5.92 Å². The molecule has 22 heavy (non-hydrogen) atoms. The van der Waals surface area contributed by atoms with Gasteiger partial charge >= 0.3 is 0 Å². The molecular formula is C16H23N3OS2. The number of nitrogens with two attached hydrogens (primary N) is 1. The van der Waals surface area contributed by atoms with Crippen molar-refractivity contribution >= 4 is 39.2 Å². The molecule has 1 aromatic carbocycles. The number of benzene rings is 1. The molecule has 6 heteroatoms. The number of thiazole rings is 1. The molecule has 2 rings (SSSR count). The molecule has 0 aliphatic heterocycles. The van der Waals surface area contributed by atoms with E-state index < -0.39 is 0 Å². The first-order chi connectivity index (χ1) is 10.5. The lowest BCUT2D eigenvalue weighted by atomic mass is 10.0. The average Bonchev–Trinajstić information content (AvgIpc) is 2.92. The monoisotopic (exact) mass is 337 g/mol. The molecule has 1 amide bonds. The Morgan fingerprint density at radius 1 is 1.41 bits per heavy atom. The van der Waals surface area contributed by atoms with Gasteiger partial charge in [-0.3, -0.25) is 4.79 Å². The number of hydrogen-bond donors (Lipinski definition) is 1. The summed E-state index contributed by atoms with van der Waals surface area (Å²) in [6, 6.07) is 8.18. The summed E-state index contributed by atoms with van der Waals surface area (Å²) in [5.41, 5.74) is 7.02. The number of carbonyl (C=O) groups is 1. The van der Waals surface area contributed by atoms with Crippen molar-refractivity contribution in [3.63, 3.8) is 0 Å². The van der Waals surface area contributed by atoms with Crippen molar-refractivity contribution in [1.82, 2.24) is 9.88 Å². The smallest absolute Gasteiger partial charge is 0.232 e. The zero-order valence-electron chi connectivity index (χ0n) is 13.3. The molecule has 120 valence electrons. The van der Waals surface area contributed by atoms with E-state index in [9.17, 15) is 4.79 Å². The van der Waals surface area contributed by atoms with Gasteiger partial charge in [-0.2, -0.15) is 0 Å². The number of amides is 1. The van der Waals surface area contributed by atoms with Gasteiger partial charge in [0.15, 0.2) is 4.34 Å². The number of thioether (sulfide) groups is 1. The molecule has 1 aromatic heterocycles. The quantitative estimate of drug-likeness (QED) is 0.788. The third kappa shape index (κ3) is 4.69. The van der Waals surface area contributed by atoms with Crippen LogP contribution in [0.2, 0.25) is 0 Å². The molecule has 0 saturated heterocycles. The molecule has 1 atom stereocenters. The molecule has 4 nitrogen and oxygen atoms in total. The first kappa shape index (κ1) is 17.2. The van der Waals surface area contributed by atoms with Gasteiger partial charge in [0.25, 0.3) is 0 Å². The highest BCUT2D eigenvalue weighted by atomic mass is 32.2. The van der Waals surface area contributed by atoms with Gasteiger partial charge in [-0.15, -0.1) is 11.3 Å². The number of aromatic nitrogens is 1. The normalized spacial score (nSPS) is 12.8. The Morgan fingerprint density at radius 3 is 2.82 bits per heavy atom. The van der Waals surface area contributed by atoms with Gasteiger partial charge in [0, 0.05) is 19.6 Å². The second kappa shape index (κ2) is 7.94. The minimum absolute atomic E-state index is 0.125. The molecule has 0 bridgehead atoms. The van der Waals surface area contributed by atoms with Crippen molar-refractivity contribution in [2.75, 3.05) is 19.3 Å². The zero-order valence-corrected chi connectivity index (χ0v) is 14.9.